The van der Waals surface area contributed by atoms with Crippen molar-refractivity contribution in [1.82, 2.24) is 14.9 Å². The molecule has 1 aliphatic carbocycles. The Morgan fingerprint density at radius 3 is 2.72 bits per heavy atom. The highest BCUT2D eigenvalue weighted by atomic mass is 19.1. The Bertz CT molecular complexity index is 1700. The summed E-state index contributed by atoms with van der Waals surface area (Å²) in [7, 11) is 0. The zero-order valence-corrected chi connectivity index (χ0v) is 21.4. The number of halogens is 1. The number of hydrogen-bond donors (Lipinski definition) is 3. The van der Waals surface area contributed by atoms with E-state index in [4.69, 9.17) is 14.8 Å². The predicted molar refractivity (Wildman–Crippen MR) is 135 cm³/mol. The number of nitrogens with one attached hydrogen (secondary N) is 1. The molecule has 0 spiro atoms. The van der Waals surface area contributed by atoms with Crippen molar-refractivity contribution in [1.29, 1.82) is 0 Å². The second kappa shape index (κ2) is 8.70. The smallest absolute Gasteiger partial charge is 0.343 e. The number of carbonyl (C=O) groups excluding carboxylic acids is 2. The van der Waals surface area contributed by atoms with E-state index in [1.165, 1.54) is 10.6 Å². The van der Waals surface area contributed by atoms with E-state index in [0.717, 1.165) is 16.5 Å². The third kappa shape index (κ3) is 3.59. The van der Waals surface area contributed by atoms with Gasteiger partial charge in [-0.2, -0.15) is 0 Å². The topological polar surface area (TPSA) is 148 Å². The number of carbonyl (C=O) groups is 3. The highest BCUT2D eigenvalue weighted by Crippen LogP contribution is 2.45. The fraction of sp³-hybridized carbons (Fsp3) is 0.393. The average molecular weight is 536 g/mol. The number of carboxylic acids is 1. The van der Waals surface area contributed by atoms with E-state index in [2.05, 4.69) is 5.32 Å². The van der Waals surface area contributed by atoms with Crippen LogP contribution in [-0.2, 0) is 44.3 Å². The molecule has 3 N–H and O–H groups in total. The average Bonchev–Trinajstić information content (AvgIpc) is 3.27. The van der Waals surface area contributed by atoms with Crippen LogP contribution in [0.1, 0.15) is 72.0 Å². The second-order valence-electron chi connectivity index (χ2n) is 10.4. The van der Waals surface area contributed by atoms with Crippen LogP contribution in [0.3, 0.4) is 0 Å². The van der Waals surface area contributed by atoms with Crippen molar-refractivity contribution in [2.45, 2.75) is 70.7 Å². The van der Waals surface area contributed by atoms with Gasteiger partial charge in [0.05, 0.1) is 41.5 Å². The van der Waals surface area contributed by atoms with Gasteiger partial charge in [-0.1, -0.05) is 6.92 Å². The number of amides is 1. The van der Waals surface area contributed by atoms with E-state index in [0.29, 0.717) is 40.9 Å². The van der Waals surface area contributed by atoms with Gasteiger partial charge in [0.15, 0.2) is 5.60 Å². The number of aromatic nitrogens is 2. The fourth-order valence-electron chi connectivity index (χ4n) is 6.19. The number of pyridine rings is 2. The van der Waals surface area contributed by atoms with Crippen molar-refractivity contribution in [3.63, 3.8) is 0 Å². The van der Waals surface area contributed by atoms with Crippen LogP contribution in [0.4, 0.5) is 4.39 Å². The molecule has 4 heterocycles. The number of aliphatic hydroxyl groups is 1. The molecule has 1 amide bonds. The summed E-state index contributed by atoms with van der Waals surface area (Å²) in [6, 6.07) is 2.43. The molecule has 0 saturated carbocycles. The molecule has 0 unspecified atom stereocenters. The van der Waals surface area contributed by atoms with Crippen molar-refractivity contribution in [3.05, 3.63) is 61.7 Å². The minimum atomic E-state index is -1.98. The standard InChI is InChI=1S/C28H26FN3O7/c1-3-28(38)16-8-20-25-14(10-32(20)26(36)15(16)11-39-27(28)37)24-18(30-21(33)6-7-22(34)35)5-4-13-12(2)17(29)9-19(31-25)23(13)24/h8-9,18,38H,3-7,10-11H2,1-2H3,(H,30,33)(H,34,35)/t18-,28-/m0/s1. The molecular weight excluding hydrogens is 509 g/mol. The van der Waals surface area contributed by atoms with E-state index < -0.39 is 40.9 Å². The molecule has 202 valence electrons. The van der Waals surface area contributed by atoms with Gasteiger partial charge in [-0.3, -0.25) is 14.4 Å². The minimum Gasteiger partial charge on any atom is -0.481 e. The Morgan fingerprint density at radius 2 is 2.00 bits per heavy atom. The summed E-state index contributed by atoms with van der Waals surface area (Å²) in [5.41, 5.74) is 1.82. The van der Waals surface area contributed by atoms with Crippen LogP contribution in [-0.4, -0.2) is 37.6 Å². The summed E-state index contributed by atoms with van der Waals surface area (Å²) in [6.07, 6.45) is 0.455. The van der Waals surface area contributed by atoms with Crippen LogP contribution in [0.15, 0.2) is 16.9 Å². The lowest BCUT2D eigenvalue weighted by atomic mass is 9.81. The summed E-state index contributed by atoms with van der Waals surface area (Å²) in [4.78, 5) is 54.5. The lowest BCUT2D eigenvalue weighted by molar-refractivity contribution is -0.172. The van der Waals surface area contributed by atoms with Crippen LogP contribution >= 0.6 is 0 Å². The molecule has 0 fully saturated rings. The van der Waals surface area contributed by atoms with E-state index in [1.54, 1.807) is 19.9 Å². The van der Waals surface area contributed by atoms with Crippen LogP contribution in [0.2, 0.25) is 0 Å². The number of cyclic esters (lactones) is 1. The maximum atomic E-state index is 15.0. The van der Waals surface area contributed by atoms with Gasteiger partial charge < -0.3 is 24.8 Å². The third-order valence-electron chi connectivity index (χ3n) is 8.28. The molecule has 2 atom stereocenters. The first-order valence-corrected chi connectivity index (χ1v) is 12.9. The number of ether oxygens (including phenoxy) is 1. The van der Waals surface area contributed by atoms with Crippen LogP contribution in [0.5, 0.6) is 0 Å². The zero-order valence-electron chi connectivity index (χ0n) is 21.4. The molecule has 39 heavy (non-hydrogen) atoms. The number of hydrogen-bond acceptors (Lipinski definition) is 7. The van der Waals surface area contributed by atoms with Gasteiger partial charge in [0.1, 0.15) is 12.4 Å². The molecule has 6 rings (SSSR count). The summed E-state index contributed by atoms with van der Waals surface area (Å²) in [5.74, 6) is -2.74. The Balaban J connectivity index is 1.58. The Labute approximate surface area is 221 Å². The molecular formula is C28H26FN3O7. The first-order valence-electron chi connectivity index (χ1n) is 12.9. The van der Waals surface area contributed by atoms with Gasteiger partial charge in [-0.15, -0.1) is 0 Å². The van der Waals surface area contributed by atoms with Gasteiger partial charge in [0.2, 0.25) is 5.91 Å². The van der Waals surface area contributed by atoms with Crippen LogP contribution < -0.4 is 10.9 Å². The van der Waals surface area contributed by atoms with Crippen molar-refractivity contribution in [2.75, 3.05) is 0 Å². The maximum Gasteiger partial charge on any atom is 0.343 e. The number of carboxylic acid groups (broad SMARTS) is 1. The minimum absolute atomic E-state index is 0.00325. The Morgan fingerprint density at radius 1 is 1.23 bits per heavy atom. The van der Waals surface area contributed by atoms with E-state index in [9.17, 15) is 28.7 Å². The van der Waals surface area contributed by atoms with E-state index in [1.807, 2.05) is 0 Å². The van der Waals surface area contributed by atoms with Crippen LogP contribution in [0.25, 0.3) is 22.3 Å². The number of rotatable bonds is 5. The monoisotopic (exact) mass is 535 g/mol. The highest BCUT2D eigenvalue weighted by Gasteiger charge is 2.46. The summed E-state index contributed by atoms with van der Waals surface area (Å²) >= 11 is 0. The molecule has 1 aromatic carbocycles. The fourth-order valence-corrected chi connectivity index (χ4v) is 6.19. The normalized spacial score (nSPS) is 20.7. The third-order valence-corrected chi connectivity index (χ3v) is 8.28. The SMILES string of the molecule is CC[C@@]1(O)C(=O)OCc2c1cc1n(c2=O)Cc2c-1nc1cc(F)c(C)c3c1c2[C@@H](NC(=O)CCC(=O)O)CC3. The second-order valence-corrected chi connectivity index (χ2v) is 10.4. The van der Waals surface area contributed by atoms with Crippen molar-refractivity contribution >= 4 is 28.7 Å². The van der Waals surface area contributed by atoms with Crippen molar-refractivity contribution < 1.29 is 33.7 Å². The van der Waals surface area contributed by atoms with E-state index >= 15 is 0 Å². The first kappa shape index (κ1) is 25.2. The number of benzene rings is 1. The number of aryl methyl sites for hydroxylation is 1. The molecule has 2 aliphatic heterocycles. The summed E-state index contributed by atoms with van der Waals surface area (Å²) in [6.45, 7) is 3.19. The molecule has 0 bridgehead atoms. The molecule has 10 nitrogen and oxygen atoms in total. The quantitative estimate of drug-likeness (QED) is 0.330. The lowest BCUT2D eigenvalue weighted by Gasteiger charge is -2.31. The van der Waals surface area contributed by atoms with Crippen molar-refractivity contribution in [2.24, 2.45) is 0 Å². The largest absolute Gasteiger partial charge is 0.481 e. The molecule has 11 heteroatoms. The summed E-state index contributed by atoms with van der Waals surface area (Å²) in [5, 5.41) is 23.8. The van der Waals surface area contributed by atoms with Gasteiger partial charge in [-0.05, 0) is 48.9 Å². The number of fused-ring (bicyclic) bond motifs is 5. The summed E-state index contributed by atoms with van der Waals surface area (Å²) < 4.78 is 21.6. The number of nitrogens with zero attached hydrogens (tertiary/aromatic N) is 2. The Kier molecular flexibility index (Phi) is 5.62. The number of aliphatic carboxylic acids is 1. The number of esters is 1. The molecule has 0 radical (unpaired) electrons. The first-order chi connectivity index (χ1) is 18.5. The Hall–Kier alpha value is -4.12. The van der Waals surface area contributed by atoms with Crippen LogP contribution in [0, 0.1) is 12.7 Å². The molecule has 2 aromatic heterocycles. The van der Waals surface area contributed by atoms with Crippen molar-refractivity contribution in [3.8, 4) is 11.4 Å². The predicted octanol–water partition coefficient (Wildman–Crippen LogP) is 2.50. The molecule has 0 saturated heterocycles. The maximum absolute atomic E-state index is 15.0. The zero-order chi connectivity index (χ0) is 27.8. The van der Waals surface area contributed by atoms with Gasteiger partial charge in [0, 0.05) is 29.0 Å². The molecule has 3 aliphatic rings. The van der Waals surface area contributed by atoms with Gasteiger partial charge >= 0.3 is 11.9 Å². The highest BCUT2D eigenvalue weighted by molar-refractivity contribution is 5.94. The van der Waals surface area contributed by atoms with Gasteiger partial charge in [0.25, 0.3) is 5.56 Å². The van der Waals surface area contributed by atoms with Gasteiger partial charge in [-0.25, -0.2) is 14.2 Å². The van der Waals surface area contributed by atoms with E-state index in [-0.39, 0.29) is 43.5 Å². The lowest BCUT2D eigenvalue weighted by Crippen LogP contribution is -2.44. The molecule has 3 aromatic rings.